The van der Waals surface area contributed by atoms with Crippen LogP contribution < -0.4 is 0 Å². The van der Waals surface area contributed by atoms with E-state index in [4.69, 9.17) is 14.2 Å². The maximum atomic E-state index is 9.42. The van der Waals surface area contributed by atoms with Gasteiger partial charge in [0, 0.05) is 12.5 Å². The Balaban J connectivity index is 2.04. The second-order valence-electron chi connectivity index (χ2n) is 5.46. The fourth-order valence-corrected chi connectivity index (χ4v) is 2.60. The molecule has 4 nitrogen and oxygen atoms in total. The van der Waals surface area contributed by atoms with Gasteiger partial charge < -0.3 is 19.3 Å². The average Bonchev–Trinajstić information content (AvgIpc) is 2.67. The molecular weight excluding hydrogens is 244 g/mol. The number of benzene rings is 1. The highest BCUT2D eigenvalue weighted by atomic mass is 16.7. The lowest BCUT2D eigenvalue weighted by molar-refractivity contribution is -0.155. The van der Waals surface area contributed by atoms with Crippen LogP contribution in [0.1, 0.15) is 19.4 Å². The van der Waals surface area contributed by atoms with Crippen molar-refractivity contribution in [3.05, 3.63) is 35.9 Å². The highest BCUT2D eigenvalue weighted by molar-refractivity contribution is 5.13. The van der Waals surface area contributed by atoms with E-state index < -0.39 is 0 Å². The molecule has 1 fully saturated rings. The van der Waals surface area contributed by atoms with Gasteiger partial charge in [0.2, 0.25) is 0 Å². The zero-order valence-electron chi connectivity index (χ0n) is 11.7. The van der Waals surface area contributed by atoms with Crippen LogP contribution in [0.4, 0.5) is 0 Å². The van der Waals surface area contributed by atoms with Crippen LogP contribution in [-0.4, -0.2) is 37.3 Å². The minimum absolute atomic E-state index is 0.0667. The first kappa shape index (κ1) is 14.5. The van der Waals surface area contributed by atoms with Crippen molar-refractivity contribution >= 4 is 0 Å². The Morgan fingerprint density at radius 1 is 1.26 bits per heavy atom. The summed E-state index contributed by atoms with van der Waals surface area (Å²) in [7, 11) is 1.61. The van der Waals surface area contributed by atoms with Crippen LogP contribution in [0.25, 0.3) is 0 Å². The van der Waals surface area contributed by atoms with Crippen LogP contribution >= 0.6 is 0 Å². The SMILES string of the molecule is CO[C@@H]1O[C@H](CO)[C@@H](OCc2ccccc2)C1(C)C. The normalized spacial score (nSPS) is 29.6. The summed E-state index contributed by atoms with van der Waals surface area (Å²) in [4.78, 5) is 0. The molecule has 1 saturated heterocycles. The van der Waals surface area contributed by atoms with Gasteiger partial charge in [0.05, 0.1) is 19.3 Å². The van der Waals surface area contributed by atoms with Crippen LogP contribution in [0.2, 0.25) is 0 Å². The summed E-state index contributed by atoms with van der Waals surface area (Å²) in [5, 5.41) is 9.42. The Morgan fingerprint density at radius 2 is 1.95 bits per heavy atom. The monoisotopic (exact) mass is 266 g/mol. The van der Waals surface area contributed by atoms with E-state index in [-0.39, 0.29) is 30.5 Å². The predicted octanol–water partition coefficient (Wildman–Crippen LogP) is 1.96. The van der Waals surface area contributed by atoms with Gasteiger partial charge in [-0.25, -0.2) is 0 Å². The molecule has 0 bridgehead atoms. The van der Waals surface area contributed by atoms with Crippen LogP contribution in [0.5, 0.6) is 0 Å². The van der Waals surface area contributed by atoms with E-state index >= 15 is 0 Å². The molecular formula is C15H22O4. The number of ether oxygens (including phenoxy) is 3. The fraction of sp³-hybridized carbons (Fsp3) is 0.600. The van der Waals surface area contributed by atoms with Crippen LogP contribution in [0, 0.1) is 5.41 Å². The van der Waals surface area contributed by atoms with E-state index in [2.05, 4.69) is 0 Å². The number of aliphatic hydroxyl groups excluding tert-OH is 1. The highest BCUT2D eigenvalue weighted by Crippen LogP contribution is 2.40. The van der Waals surface area contributed by atoms with Crippen molar-refractivity contribution in [2.24, 2.45) is 5.41 Å². The van der Waals surface area contributed by atoms with E-state index in [0.717, 1.165) is 5.56 Å². The van der Waals surface area contributed by atoms with Crippen LogP contribution in [-0.2, 0) is 20.8 Å². The van der Waals surface area contributed by atoms with Gasteiger partial charge in [-0.15, -0.1) is 0 Å². The van der Waals surface area contributed by atoms with Gasteiger partial charge in [-0.3, -0.25) is 0 Å². The Bertz CT molecular complexity index is 390. The maximum Gasteiger partial charge on any atom is 0.165 e. The molecule has 2 rings (SSSR count). The number of methoxy groups -OCH3 is 1. The van der Waals surface area contributed by atoms with Gasteiger partial charge in [-0.1, -0.05) is 44.2 Å². The Labute approximate surface area is 114 Å². The highest BCUT2D eigenvalue weighted by Gasteiger charge is 2.51. The molecule has 0 amide bonds. The molecule has 4 heteroatoms. The molecule has 1 aliphatic rings. The first-order chi connectivity index (χ1) is 9.09. The third kappa shape index (κ3) is 2.98. The molecule has 0 aromatic heterocycles. The molecule has 0 radical (unpaired) electrons. The van der Waals surface area contributed by atoms with Crippen molar-refractivity contribution < 1.29 is 19.3 Å². The van der Waals surface area contributed by atoms with Crippen molar-refractivity contribution in [1.82, 2.24) is 0 Å². The lowest BCUT2D eigenvalue weighted by atomic mass is 9.85. The van der Waals surface area contributed by atoms with Gasteiger partial charge in [0.25, 0.3) is 0 Å². The van der Waals surface area contributed by atoms with Gasteiger partial charge in [0.15, 0.2) is 6.29 Å². The first-order valence-electron chi connectivity index (χ1n) is 6.54. The number of aliphatic hydroxyl groups is 1. The lowest BCUT2D eigenvalue weighted by Gasteiger charge is -2.30. The summed E-state index contributed by atoms with van der Waals surface area (Å²) >= 11 is 0. The standard InChI is InChI=1S/C15H22O4/c1-15(2)13(12(9-16)19-14(15)17-3)18-10-11-7-5-4-6-8-11/h4-8,12-14,16H,9-10H2,1-3H3/t12-,13-,14-/m1/s1. The van der Waals surface area contributed by atoms with E-state index in [1.165, 1.54) is 0 Å². The second kappa shape index (κ2) is 6.01. The van der Waals surface area contributed by atoms with E-state index in [1.807, 2.05) is 44.2 Å². The Hall–Kier alpha value is -0.940. The Kier molecular flexibility index (Phi) is 4.58. The van der Waals surface area contributed by atoms with Crippen molar-refractivity contribution in [2.45, 2.75) is 39.0 Å². The van der Waals surface area contributed by atoms with Crippen LogP contribution in [0.15, 0.2) is 30.3 Å². The number of hydrogen-bond acceptors (Lipinski definition) is 4. The average molecular weight is 266 g/mol. The summed E-state index contributed by atoms with van der Waals surface area (Å²) in [5.41, 5.74) is 0.813. The molecule has 1 heterocycles. The molecule has 0 spiro atoms. The lowest BCUT2D eigenvalue weighted by Crippen LogP contribution is -2.39. The summed E-state index contributed by atoms with van der Waals surface area (Å²) in [6.07, 6.45) is -0.892. The van der Waals surface area contributed by atoms with Crippen molar-refractivity contribution in [1.29, 1.82) is 0 Å². The molecule has 1 N–H and O–H groups in total. The van der Waals surface area contributed by atoms with Crippen LogP contribution in [0.3, 0.4) is 0 Å². The number of hydrogen-bond donors (Lipinski definition) is 1. The largest absolute Gasteiger partial charge is 0.394 e. The maximum absolute atomic E-state index is 9.42. The molecule has 0 aliphatic carbocycles. The van der Waals surface area contributed by atoms with Crippen molar-refractivity contribution in [3.63, 3.8) is 0 Å². The minimum atomic E-state index is -0.356. The summed E-state index contributed by atoms with van der Waals surface area (Å²) < 4.78 is 17.0. The molecule has 1 aliphatic heterocycles. The predicted molar refractivity (Wildman–Crippen MR) is 71.6 cm³/mol. The van der Waals surface area contributed by atoms with E-state index in [9.17, 15) is 5.11 Å². The molecule has 0 saturated carbocycles. The first-order valence-corrected chi connectivity index (χ1v) is 6.54. The Morgan fingerprint density at radius 3 is 2.53 bits per heavy atom. The summed E-state index contributed by atoms with van der Waals surface area (Å²) in [6, 6.07) is 9.98. The van der Waals surface area contributed by atoms with E-state index in [1.54, 1.807) is 7.11 Å². The smallest absolute Gasteiger partial charge is 0.165 e. The molecule has 106 valence electrons. The summed E-state index contributed by atoms with van der Waals surface area (Å²) in [6.45, 7) is 4.51. The van der Waals surface area contributed by atoms with Gasteiger partial charge >= 0.3 is 0 Å². The van der Waals surface area contributed by atoms with E-state index in [0.29, 0.717) is 6.61 Å². The quantitative estimate of drug-likeness (QED) is 0.885. The third-order valence-corrected chi connectivity index (χ3v) is 3.64. The van der Waals surface area contributed by atoms with Gasteiger partial charge in [-0.2, -0.15) is 0 Å². The second-order valence-corrected chi connectivity index (χ2v) is 5.46. The summed E-state index contributed by atoms with van der Waals surface area (Å²) in [5.74, 6) is 0. The van der Waals surface area contributed by atoms with Crippen molar-refractivity contribution in [3.8, 4) is 0 Å². The third-order valence-electron chi connectivity index (χ3n) is 3.64. The minimum Gasteiger partial charge on any atom is -0.394 e. The molecule has 3 atom stereocenters. The van der Waals surface area contributed by atoms with Crippen molar-refractivity contribution in [2.75, 3.05) is 13.7 Å². The fourth-order valence-electron chi connectivity index (χ4n) is 2.60. The topological polar surface area (TPSA) is 47.9 Å². The zero-order valence-corrected chi connectivity index (χ0v) is 11.7. The molecule has 1 aromatic rings. The van der Waals surface area contributed by atoms with Gasteiger partial charge in [0.1, 0.15) is 6.10 Å². The van der Waals surface area contributed by atoms with Gasteiger partial charge in [-0.05, 0) is 5.56 Å². The number of rotatable bonds is 5. The molecule has 1 aromatic carbocycles. The molecule has 19 heavy (non-hydrogen) atoms. The molecule has 0 unspecified atom stereocenters. The zero-order chi connectivity index (χ0) is 13.9.